The Balaban J connectivity index is 1.62. The highest BCUT2D eigenvalue weighted by molar-refractivity contribution is 5.94. The third-order valence-electron chi connectivity index (χ3n) is 5.99. The van der Waals surface area contributed by atoms with E-state index >= 15 is 0 Å². The quantitative estimate of drug-likeness (QED) is 0.865. The second-order valence-electron chi connectivity index (χ2n) is 7.95. The molecule has 1 aromatic heterocycles. The number of nitrogens with one attached hydrogen (secondary N) is 1. The Hall–Kier alpha value is -2.96. The molecule has 29 heavy (non-hydrogen) atoms. The molecule has 0 saturated carbocycles. The SMILES string of the molecule is CCC(=O)N1C[C@@H]2CN(C(=O)c3cc(C)[nH]c(=O)c3)C[C@@H]2[C@@H]1c1cccc(F)c1. The van der Waals surface area contributed by atoms with Crippen LogP contribution in [0.2, 0.25) is 0 Å². The molecule has 0 unspecified atom stereocenters. The van der Waals surface area contributed by atoms with Crippen molar-refractivity contribution in [1.29, 1.82) is 0 Å². The number of carbonyl (C=O) groups excluding carboxylic acids is 2. The summed E-state index contributed by atoms with van der Waals surface area (Å²) in [7, 11) is 0. The number of fused-ring (bicyclic) bond motifs is 1. The van der Waals surface area contributed by atoms with Gasteiger partial charge in [-0.3, -0.25) is 14.4 Å². The van der Waals surface area contributed by atoms with E-state index in [-0.39, 0.29) is 41.1 Å². The minimum atomic E-state index is -0.334. The number of aryl methyl sites for hydroxylation is 1. The summed E-state index contributed by atoms with van der Waals surface area (Å²) in [6.07, 6.45) is 0.389. The number of rotatable bonds is 3. The number of carbonyl (C=O) groups is 2. The number of benzene rings is 1. The standard InChI is InChI=1S/C22H24FN3O3/c1-3-20(28)26-11-16-10-25(22(29)15-7-13(2)24-19(27)9-15)12-18(16)21(26)14-5-4-6-17(23)8-14/h4-9,16,18,21H,3,10-12H2,1-2H3,(H,24,27)/t16-,18-,21-/m0/s1. The molecule has 2 aromatic rings. The summed E-state index contributed by atoms with van der Waals surface area (Å²) < 4.78 is 13.9. The molecule has 2 aliphatic rings. The highest BCUT2D eigenvalue weighted by Gasteiger charge is 2.49. The Kier molecular flexibility index (Phi) is 4.98. The fourth-order valence-electron chi connectivity index (χ4n) is 4.78. The number of halogens is 1. The molecule has 1 aromatic carbocycles. The first kappa shape index (κ1) is 19.4. The molecule has 6 nitrogen and oxygen atoms in total. The first-order valence-corrected chi connectivity index (χ1v) is 9.92. The van der Waals surface area contributed by atoms with E-state index in [1.807, 2.05) is 17.9 Å². The highest BCUT2D eigenvalue weighted by atomic mass is 19.1. The Bertz CT molecular complexity index is 1020. The van der Waals surface area contributed by atoms with Gasteiger partial charge in [0.15, 0.2) is 0 Å². The summed E-state index contributed by atoms with van der Waals surface area (Å²) in [6, 6.07) is 9.12. The maximum Gasteiger partial charge on any atom is 0.254 e. The molecule has 3 heterocycles. The lowest BCUT2D eigenvalue weighted by Crippen LogP contribution is -2.37. The molecule has 0 spiro atoms. The number of pyridine rings is 1. The van der Waals surface area contributed by atoms with Crippen LogP contribution in [0.5, 0.6) is 0 Å². The zero-order chi connectivity index (χ0) is 20.7. The van der Waals surface area contributed by atoms with Gasteiger partial charge in [0.1, 0.15) is 5.82 Å². The van der Waals surface area contributed by atoms with E-state index < -0.39 is 0 Å². The molecule has 2 saturated heterocycles. The number of nitrogens with zero attached hydrogens (tertiary/aromatic N) is 2. The monoisotopic (exact) mass is 397 g/mol. The number of amides is 2. The lowest BCUT2D eigenvalue weighted by atomic mass is 9.89. The number of aromatic nitrogens is 1. The number of H-pyrrole nitrogens is 1. The van der Waals surface area contributed by atoms with E-state index in [0.29, 0.717) is 37.3 Å². The van der Waals surface area contributed by atoms with E-state index in [4.69, 9.17) is 0 Å². The largest absolute Gasteiger partial charge is 0.338 e. The lowest BCUT2D eigenvalue weighted by Gasteiger charge is -2.30. The zero-order valence-electron chi connectivity index (χ0n) is 16.5. The molecular formula is C22H24FN3O3. The average molecular weight is 397 g/mol. The number of aromatic amines is 1. The molecule has 152 valence electrons. The zero-order valence-corrected chi connectivity index (χ0v) is 16.5. The molecule has 3 atom stereocenters. The van der Waals surface area contributed by atoms with Crippen LogP contribution in [0.25, 0.3) is 0 Å². The van der Waals surface area contributed by atoms with Crippen LogP contribution in [0, 0.1) is 24.6 Å². The molecule has 1 N–H and O–H groups in total. The van der Waals surface area contributed by atoms with Gasteiger partial charge >= 0.3 is 0 Å². The van der Waals surface area contributed by atoms with Gasteiger partial charge in [-0.1, -0.05) is 19.1 Å². The predicted molar refractivity (Wildman–Crippen MR) is 106 cm³/mol. The fourth-order valence-corrected chi connectivity index (χ4v) is 4.78. The molecule has 0 bridgehead atoms. The van der Waals surface area contributed by atoms with Crippen LogP contribution in [0.1, 0.15) is 41.0 Å². The van der Waals surface area contributed by atoms with E-state index in [1.54, 1.807) is 24.0 Å². The van der Waals surface area contributed by atoms with Gasteiger partial charge in [0.05, 0.1) is 6.04 Å². The minimum Gasteiger partial charge on any atom is -0.338 e. The third kappa shape index (κ3) is 3.57. The van der Waals surface area contributed by atoms with E-state index in [0.717, 1.165) is 5.56 Å². The van der Waals surface area contributed by atoms with Crippen LogP contribution in [0.3, 0.4) is 0 Å². The topological polar surface area (TPSA) is 73.5 Å². The smallest absolute Gasteiger partial charge is 0.254 e. The highest BCUT2D eigenvalue weighted by Crippen LogP contribution is 2.45. The first-order valence-electron chi connectivity index (χ1n) is 9.92. The van der Waals surface area contributed by atoms with Crippen molar-refractivity contribution >= 4 is 11.8 Å². The van der Waals surface area contributed by atoms with Gasteiger partial charge in [0.25, 0.3) is 5.91 Å². The second-order valence-corrected chi connectivity index (χ2v) is 7.95. The van der Waals surface area contributed by atoms with Crippen molar-refractivity contribution in [3.05, 3.63) is 69.4 Å². The molecular weight excluding hydrogens is 373 g/mol. The molecule has 2 fully saturated rings. The van der Waals surface area contributed by atoms with Crippen molar-refractivity contribution in [3.8, 4) is 0 Å². The van der Waals surface area contributed by atoms with Gasteiger partial charge in [-0.05, 0) is 30.7 Å². The summed E-state index contributed by atoms with van der Waals surface area (Å²) >= 11 is 0. The van der Waals surface area contributed by atoms with Gasteiger partial charge in [-0.15, -0.1) is 0 Å². The van der Waals surface area contributed by atoms with Crippen LogP contribution < -0.4 is 5.56 Å². The lowest BCUT2D eigenvalue weighted by molar-refractivity contribution is -0.132. The number of likely N-dealkylation sites (tertiary alicyclic amines) is 2. The second kappa shape index (κ2) is 7.46. The first-order chi connectivity index (χ1) is 13.9. The summed E-state index contributed by atoms with van der Waals surface area (Å²) in [5.74, 6) is -0.304. The van der Waals surface area contributed by atoms with Gasteiger partial charge < -0.3 is 14.8 Å². The van der Waals surface area contributed by atoms with Gasteiger partial charge in [0, 0.05) is 55.2 Å². The van der Waals surface area contributed by atoms with Gasteiger partial charge in [0.2, 0.25) is 11.5 Å². The summed E-state index contributed by atoms with van der Waals surface area (Å²) in [6.45, 7) is 5.12. The normalized spacial score (nSPS) is 23.3. The minimum absolute atomic E-state index is 0.0387. The molecule has 4 rings (SSSR count). The summed E-state index contributed by atoms with van der Waals surface area (Å²) in [5.41, 5.74) is 1.47. The average Bonchev–Trinajstić information content (AvgIpc) is 3.23. The van der Waals surface area contributed by atoms with E-state index in [9.17, 15) is 18.8 Å². The van der Waals surface area contributed by atoms with Gasteiger partial charge in [-0.2, -0.15) is 0 Å². The molecule has 0 aliphatic carbocycles. The van der Waals surface area contributed by atoms with Gasteiger partial charge in [-0.25, -0.2) is 4.39 Å². The maximum atomic E-state index is 13.9. The summed E-state index contributed by atoms with van der Waals surface area (Å²) in [5, 5.41) is 0. The Labute approximate surface area is 168 Å². The van der Waals surface area contributed by atoms with Crippen molar-refractivity contribution in [2.45, 2.75) is 26.3 Å². The van der Waals surface area contributed by atoms with Crippen molar-refractivity contribution in [1.82, 2.24) is 14.8 Å². The maximum absolute atomic E-state index is 13.9. The van der Waals surface area contributed by atoms with Crippen molar-refractivity contribution in [3.63, 3.8) is 0 Å². The van der Waals surface area contributed by atoms with E-state index in [1.165, 1.54) is 18.2 Å². The van der Waals surface area contributed by atoms with Crippen LogP contribution in [-0.2, 0) is 4.79 Å². The third-order valence-corrected chi connectivity index (χ3v) is 5.99. The fraction of sp³-hybridized carbons (Fsp3) is 0.409. The summed E-state index contributed by atoms with van der Waals surface area (Å²) in [4.78, 5) is 43.5. The number of hydrogen-bond donors (Lipinski definition) is 1. The molecule has 7 heteroatoms. The van der Waals surface area contributed by atoms with Crippen LogP contribution in [-0.4, -0.2) is 46.2 Å². The van der Waals surface area contributed by atoms with Crippen LogP contribution in [0.15, 0.2) is 41.2 Å². The Morgan fingerprint density at radius 3 is 2.66 bits per heavy atom. The van der Waals surface area contributed by atoms with Crippen molar-refractivity contribution < 1.29 is 14.0 Å². The Morgan fingerprint density at radius 1 is 1.17 bits per heavy atom. The molecule has 0 radical (unpaired) electrons. The van der Waals surface area contributed by atoms with E-state index in [2.05, 4.69) is 4.98 Å². The van der Waals surface area contributed by atoms with Crippen LogP contribution >= 0.6 is 0 Å². The molecule has 2 aliphatic heterocycles. The van der Waals surface area contributed by atoms with Crippen molar-refractivity contribution in [2.75, 3.05) is 19.6 Å². The molecule has 2 amide bonds. The number of hydrogen-bond acceptors (Lipinski definition) is 3. The van der Waals surface area contributed by atoms with Crippen molar-refractivity contribution in [2.24, 2.45) is 11.8 Å². The van der Waals surface area contributed by atoms with Crippen LogP contribution in [0.4, 0.5) is 4.39 Å². The predicted octanol–water partition coefficient (Wildman–Crippen LogP) is 2.50. The Morgan fingerprint density at radius 2 is 1.97 bits per heavy atom.